The molecule has 0 spiro atoms. The number of carbonyl (C=O) groups excluding carboxylic acids is 1. The number of halogens is 1. The molecule has 0 saturated carbocycles. The largest absolute Gasteiger partial charge is 0.481 e. The van der Waals surface area contributed by atoms with Gasteiger partial charge in [-0.05, 0) is 12.1 Å². The van der Waals surface area contributed by atoms with Crippen molar-refractivity contribution in [2.45, 2.75) is 0 Å². The average molecular weight is 249 g/mol. The average Bonchev–Trinajstić information content (AvgIpc) is 2.25. The summed E-state index contributed by atoms with van der Waals surface area (Å²) in [6.07, 6.45) is 2.66. The maximum atomic E-state index is 13.3. The number of hydrogen-bond donors (Lipinski definition) is 1. The fraction of sp³-hybridized carbons (Fsp3) is 0.231. The second kappa shape index (κ2) is 5.00. The normalized spacial score (nSPS) is 15.7. The van der Waals surface area contributed by atoms with E-state index < -0.39 is 17.7 Å². The van der Waals surface area contributed by atoms with Gasteiger partial charge in [0.1, 0.15) is 5.82 Å². The predicted molar refractivity (Wildman–Crippen MR) is 63.1 cm³/mol. The van der Waals surface area contributed by atoms with Gasteiger partial charge in [-0.25, -0.2) is 4.39 Å². The monoisotopic (exact) mass is 249 g/mol. The van der Waals surface area contributed by atoms with Gasteiger partial charge in [-0.15, -0.1) is 0 Å². The van der Waals surface area contributed by atoms with Crippen molar-refractivity contribution in [1.29, 1.82) is 0 Å². The maximum Gasteiger partial charge on any atom is 0.310 e. The van der Waals surface area contributed by atoms with E-state index in [4.69, 9.17) is 5.11 Å². The van der Waals surface area contributed by atoms with Gasteiger partial charge in [-0.2, -0.15) is 0 Å². The molecule has 1 aliphatic heterocycles. The number of hydrogen-bond acceptors (Lipinski definition) is 2. The Morgan fingerprint density at radius 3 is 2.61 bits per heavy atom. The van der Waals surface area contributed by atoms with Crippen molar-refractivity contribution in [3.63, 3.8) is 0 Å². The third kappa shape index (κ3) is 2.56. The van der Waals surface area contributed by atoms with E-state index in [-0.39, 0.29) is 19.0 Å². The van der Waals surface area contributed by atoms with Crippen molar-refractivity contribution in [2.24, 2.45) is 5.92 Å². The van der Waals surface area contributed by atoms with E-state index in [0.29, 0.717) is 5.56 Å². The highest BCUT2D eigenvalue weighted by atomic mass is 19.1. The number of carboxylic acids is 1. The Kier molecular flexibility index (Phi) is 3.41. The Balaban J connectivity index is 1.93. The van der Waals surface area contributed by atoms with Crippen LogP contribution in [0.25, 0.3) is 6.08 Å². The summed E-state index contributed by atoms with van der Waals surface area (Å²) < 4.78 is 13.3. The van der Waals surface area contributed by atoms with Crippen molar-refractivity contribution in [3.8, 4) is 0 Å². The lowest BCUT2D eigenvalue weighted by Crippen LogP contribution is -2.52. The van der Waals surface area contributed by atoms with Crippen LogP contribution in [0.4, 0.5) is 4.39 Å². The molecule has 5 heteroatoms. The molecule has 18 heavy (non-hydrogen) atoms. The highest BCUT2D eigenvalue weighted by Crippen LogP contribution is 2.16. The molecule has 1 aromatic rings. The zero-order valence-corrected chi connectivity index (χ0v) is 9.54. The Bertz CT molecular complexity index is 507. The number of rotatable bonds is 3. The number of nitrogens with zero attached hydrogens (tertiary/aromatic N) is 1. The minimum atomic E-state index is -0.892. The lowest BCUT2D eigenvalue weighted by atomic mass is 10.0. The van der Waals surface area contributed by atoms with Crippen molar-refractivity contribution in [2.75, 3.05) is 13.1 Å². The molecule has 1 N–H and O–H groups in total. The van der Waals surface area contributed by atoms with Crippen molar-refractivity contribution in [3.05, 3.63) is 41.7 Å². The fourth-order valence-corrected chi connectivity index (χ4v) is 1.69. The Hall–Kier alpha value is -2.17. The van der Waals surface area contributed by atoms with Gasteiger partial charge in [0.2, 0.25) is 5.91 Å². The molecule has 0 aliphatic carbocycles. The quantitative estimate of drug-likeness (QED) is 0.823. The topological polar surface area (TPSA) is 57.6 Å². The van der Waals surface area contributed by atoms with E-state index in [0.717, 1.165) is 0 Å². The first-order valence-electron chi connectivity index (χ1n) is 5.52. The van der Waals surface area contributed by atoms with Crippen LogP contribution < -0.4 is 0 Å². The van der Waals surface area contributed by atoms with E-state index in [1.54, 1.807) is 18.2 Å². The second-order valence-electron chi connectivity index (χ2n) is 4.13. The maximum absolute atomic E-state index is 13.3. The summed E-state index contributed by atoms with van der Waals surface area (Å²) in [5.74, 6) is -2.06. The first-order chi connectivity index (χ1) is 8.58. The number of likely N-dealkylation sites (tertiary alicyclic amines) is 1. The molecule has 0 aromatic heterocycles. The summed E-state index contributed by atoms with van der Waals surface area (Å²) >= 11 is 0. The van der Waals surface area contributed by atoms with Gasteiger partial charge < -0.3 is 10.0 Å². The summed E-state index contributed by atoms with van der Waals surface area (Å²) in [6.45, 7) is 0.436. The van der Waals surface area contributed by atoms with E-state index in [1.807, 2.05) is 0 Å². The van der Waals surface area contributed by atoms with Crippen LogP contribution >= 0.6 is 0 Å². The van der Waals surface area contributed by atoms with Crippen LogP contribution in [0.3, 0.4) is 0 Å². The Labute approximate surface area is 103 Å². The van der Waals surface area contributed by atoms with Gasteiger partial charge in [0.15, 0.2) is 0 Å². The molecule has 4 nitrogen and oxygen atoms in total. The molecule has 1 fully saturated rings. The van der Waals surface area contributed by atoms with Gasteiger partial charge >= 0.3 is 5.97 Å². The van der Waals surface area contributed by atoms with Gasteiger partial charge in [0.25, 0.3) is 0 Å². The molecule has 0 unspecified atom stereocenters. The van der Waals surface area contributed by atoms with Crippen LogP contribution in [0.5, 0.6) is 0 Å². The third-order valence-electron chi connectivity index (χ3n) is 2.85. The summed E-state index contributed by atoms with van der Waals surface area (Å²) in [7, 11) is 0. The second-order valence-corrected chi connectivity index (χ2v) is 4.13. The number of carboxylic acid groups (broad SMARTS) is 1. The molecular formula is C13H12FNO3. The molecule has 1 aliphatic rings. The lowest BCUT2D eigenvalue weighted by Gasteiger charge is -2.35. The lowest BCUT2D eigenvalue weighted by molar-refractivity contribution is -0.151. The molecule has 1 heterocycles. The molecule has 1 aromatic carbocycles. The van der Waals surface area contributed by atoms with Crippen LogP contribution in [0.2, 0.25) is 0 Å². The summed E-state index contributed by atoms with van der Waals surface area (Å²) in [5, 5.41) is 8.67. The zero-order valence-electron chi connectivity index (χ0n) is 9.54. The van der Waals surface area contributed by atoms with E-state index in [2.05, 4.69) is 0 Å². The van der Waals surface area contributed by atoms with E-state index in [9.17, 15) is 14.0 Å². The molecule has 1 saturated heterocycles. The van der Waals surface area contributed by atoms with Crippen molar-refractivity contribution in [1.82, 2.24) is 4.90 Å². The molecule has 2 rings (SSSR count). The standard InChI is InChI=1S/C13H12FNO3/c14-11-4-2-1-3-9(11)5-6-12(16)15-7-10(8-15)13(17)18/h1-6,10H,7-8H2,(H,17,18). The van der Waals surface area contributed by atoms with Gasteiger partial charge in [0.05, 0.1) is 5.92 Å². The van der Waals surface area contributed by atoms with Gasteiger partial charge in [-0.3, -0.25) is 9.59 Å². The van der Waals surface area contributed by atoms with Crippen LogP contribution in [0, 0.1) is 11.7 Å². The van der Waals surface area contributed by atoms with Crippen LogP contribution in [0.15, 0.2) is 30.3 Å². The molecule has 0 bridgehead atoms. The highest BCUT2D eigenvalue weighted by Gasteiger charge is 2.34. The number of amides is 1. The Morgan fingerprint density at radius 2 is 2.00 bits per heavy atom. The first-order valence-corrected chi connectivity index (χ1v) is 5.52. The van der Waals surface area contributed by atoms with Gasteiger partial charge in [0, 0.05) is 24.7 Å². The third-order valence-corrected chi connectivity index (χ3v) is 2.85. The first kappa shape index (κ1) is 12.3. The van der Waals surface area contributed by atoms with Crippen LogP contribution in [-0.2, 0) is 9.59 Å². The number of aliphatic carboxylic acids is 1. The summed E-state index contributed by atoms with van der Waals surface area (Å²) in [4.78, 5) is 23.6. The summed E-state index contributed by atoms with van der Waals surface area (Å²) in [6, 6.07) is 6.13. The minimum Gasteiger partial charge on any atom is -0.481 e. The van der Waals surface area contributed by atoms with Crippen molar-refractivity contribution < 1.29 is 19.1 Å². The van der Waals surface area contributed by atoms with Gasteiger partial charge in [-0.1, -0.05) is 18.2 Å². The predicted octanol–water partition coefficient (Wildman–Crippen LogP) is 1.38. The van der Waals surface area contributed by atoms with Crippen molar-refractivity contribution >= 4 is 18.0 Å². The highest BCUT2D eigenvalue weighted by molar-refractivity contribution is 5.93. The van der Waals surface area contributed by atoms with E-state index in [1.165, 1.54) is 23.1 Å². The number of carbonyl (C=O) groups is 2. The molecule has 0 radical (unpaired) electrons. The molecular weight excluding hydrogens is 237 g/mol. The summed E-state index contributed by atoms with van der Waals surface area (Å²) in [5.41, 5.74) is 0.334. The van der Waals surface area contributed by atoms with Crippen LogP contribution in [0.1, 0.15) is 5.56 Å². The minimum absolute atomic E-state index is 0.218. The van der Waals surface area contributed by atoms with E-state index >= 15 is 0 Å². The zero-order chi connectivity index (χ0) is 13.1. The number of benzene rings is 1. The fourth-order valence-electron chi connectivity index (χ4n) is 1.69. The van der Waals surface area contributed by atoms with Crippen LogP contribution in [-0.4, -0.2) is 35.0 Å². The molecule has 94 valence electrons. The molecule has 1 amide bonds. The Morgan fingerprint density at radius 1 is 1.33 bits per heavy atom. The smallest absolute Gasteiger partial charge is 0.310 e. The SMILES string of the molecule is O=C(O)C1CN(C(=O)C=Cc2ccccc2F)C1. The molecule has 0 atom stereocenters.